The van der Waals surface area contributed by atoms with Crippen LogP contribution < -0.4 is 20.9 Å². The number of aryl methyl sites for hydroxylation is 1. The highest BCUT2D eigenvalue weighted by molar-refractivity contribution is 5.93. The van der Waals surface area contributed by atoms with E-state index in [1.165, 1.54) is 0 Å². The summed E-state index contributed by atoms with van der Waals surface area (Å²) in [5.74, 6) is -0.596. The smallest absolute Gasteiger partial charge is 0.279 e. The molecule has 0 spiro atoms. The molecule has 0 fully saturated rings. The number of carbonyl (C=O) groups is 3. The first kappa shape index (κ1) is 21.0. The molecular weight excluding hydrogens is 358 g/mol. The Bertz CT molecular complexity index is 808. The molecule has 0 saturated carbocycles. The van der Waals surface area contributed by atoms with Crippen LogP contribution in [0.1, 0.15) is 31.7 Å². The van der Waals surface area contributed by atoms with Gasteiger partial charge in [-0.2, -0.15) is 0 Å². The summed E-state index contributed by atoms with van der Waals surface area (Å²) in [6.07, 6.45) is -0.333. The van der Waals surface area contributed by atoms with E-state index in [1.807, 2.05) is 38.1 Å². The molecule has 2 rings (SSSR count). The number of para-hydroxylation sites is 1. The first-order chi connectivity index (χ1) is 13.5. The number of benzene rings is 2. The van der Waals surface area contributed by atoms with Crippen LogP contribution in [0.3, 0.4) is 0 Å². The predicted octanol–water partition coefficient (Wildman–Crippen LogP) is 2.72. The zero-order chi connectivity index (χ0) is 20.4. The van der Waals surface area contributed by atoms with Crippen molar-refractivity contribution >= 4 is 23.4 Å². The Labute approximate surface area is 164 Å². The standard InChI is InChI=1S/C21H25N3O4/c1-3-18(28-17-11-7-8-15(2)14-17)21(27)24-23-20(26)13-12-19(25)22-16-9-5-4-6-10-16/h4-11,14,18H,3,12-13H2,1-2H3,(H,22,25)(H,23,26)(H,24,27). The van der Waals surface area contributed by atoms with E-state index in [-0.39, 0.29) is 18.7 Å². The molecule has 0 aromatic heterocycles. The van der Waals surface area contributed by atoms with E-state index in [9.17, 15) is 14.4 Å². The van der Waals surface area contributed by atoms with Gasteiger partial charge in [0.25, 0.3) is 5.91 Å². The van der Waals surface area contributed by atoms with Crippen molar-refractivity contribution < 1.29 is 19.1 Å². The fraction of sp³-hybridized carbons (Fsp3) is 0.286. The van der Waals surface area contributed by atoms with Crippen molar-refractivity contribution in [1.29, 1.82) is 0 Å². The summed E-state index contributed by atoms with van der Waals surface area (Å²) < 4.78 is 5.68. The average Bonchev–Trinajstić information content (AvgIpc) is 2.69. The quantitative estimate of drug-likeness (QED) is 0.611. The molecule has 3 amide bonds. The Morgan fingerprint density at radius 1 is 0.929 bits per heavy atom. The number of amides is 3. The summed E-state index contributed by atoms with van der Waals surface area (Å²) in [5, 5.41) is 2.70. The predicted molar refractivity (Wildman–Crippen MR) is 106 cm³/mol. The van der Waals surface area contributed by atoms with Crippen LogP contribution in [0.25, 0.3) is 0 Å². The van der Waals surface area contributed by atoms with Crippen LogP contribution in [0.4, 0.5) is 5.69 Å². The van der Waals surface area contributed by atoms with Crippen LogP contribution in [0.5, 0.6) is 5.75 Å². The number of nitrogens with one attached hydrogen (secondary N) is 3. The molecule has 2 aromatic rings. The largest absolute Gasteiger partial charge is 0.481 e. The van der Waals surface area contributed by atoms with Crippen LogP contribution in [-0.2, 0) is 14.4 Å². The van der Waals surface area contributed by atoms with E-state index >= 15 is 0 Å². The highest BCUT2D eigenvalue weighted by Crippen LogP contribution is 2.15. The summed E-state index contributed by atoms with van der Waals surface area (Å²) >= 11 is 0. The minimum absolute atomic E-state index is 0.00754. The lowest BCUT2D eigenvalue weighted by atomic mass is 10.2. The lowest BCUT2D eigenvalue weighted by Crippen LogP contribution is -2.48. The van der Waals surface area contributed by atoms with Crippen molar-refractivity contribution in [3.63, 3.8) is 0 Å². The molecule has 2 aromatic carbocycles. The molecule has 0 saturated heterocycles. The Balaban J connectivity index is 1.73. The van der Waals surface area contributed by atoms with Crippen molar-refractivity contribution in [3.05, 3.63) is 60.2 Å². The molecular formula is C21H25N3O4. The molecule has 28 heavy (non-hydrogen) atoms. The zero-order valence-corrected chi connectivity index (χ0v) is 16.0. The normalized spacial score (nSPS) is 11.2. The van der Waals surface area contributed by atoms with Crippen LogP contribution in [0, 0.1) is 6.92 Å². The van der Waals surface area contributed by atoms with Crippen molar-refractivity contribution in [1.82, 2.24) is 10.9 Å². The van der Waals surface area contributed by atoms with Gasteiger partial charge in [0.15, 0.2) is 6.10 Å². The van der Waals surface area contributed by atoms with Gasteiger partial charge in [0.2, 0.25) is 11.8 Å². The van der Waals surface area contributed by atoms with Gasteiger partial charge in [0.1, 0.15) is 5.75 Å². The SMILES string of the molecule is CCC(Oc1cccc(C)c1)C(=O)NNC(=O)CCC(=O)Nc1ccccc1. The fourth-order valence-corrected chi connectivity index (χ4v) is 2.42. The number of ether oxygens (including phenoxy) is 1. The fourth-order valence-electron chi connectivity index (χ4n) is 2.42. The molecule has 7 heteroatoms. The van der Waals surface area contributed by atoms with Crippen molar-refractivity contribution in [2.24, 2.45) is 0 Å². The Hall–Kier alpha value is -3.35. The third-order valence-corrected chi connectivity index (χ3v) is 3.89. The monoisotopic (exact) mass is 383 g/mol. The van der Waals surface area contributed by atoms with Gasteiger partial charge in [-0.15, -0.1) is 0 Å². The first-order valence-corrected chi connectivity index (χ1v) is 9.15. The van der Waals surface area contributed by atoms with Gasteiger partial charge in [-0.1, -0.05) is 37.3 Å². The molecule has 1 atom stereocenters. The summed E-state index contributed by atoms with van der Waals surface area (Å²) in [7, 11) is 0. The van der Waals surface area contributed by atoms with E-state index in [0.717, 1.165) is 5.56 Å². The second-order valence-corrected chi connectivity index (χ2v) is 6.28. The average molecular weight is 383 g/mol. The topological polar surface area (TPSA) is 96.5 Å². The van der Waals surface area contributed by atoms with Crippen LogP contribution >= 0.6 is 0 Å². The lowest BCUT2D eigenvalue weighted by Gasteiger charge is -2.17. The second-order valence-electron chi connectivity index (χ2n) is 6.28. The molecule has 0 bridgehead atoms. The Morgan fingerprint density at radius 3 is 2.32 bits per heavy atom. The summed E-state index contributed by atoms with van der Waals surface area (Å²) in [5.41, 5.74) is 6.35. The number of hydrazine groups is 1. The highest BCUT2D eigenvalue weighted by atomic mass is 16.5. The number of carbonyl (C=O) groups excluding carboxylic acids is 3. The van der Waals surface area contributed by atoms with E-state index in [2.05, 4.69) is 16.2 Å². The van der Waals surface area contributed by atoms with Crippen LogP contribution in [-0.4, -0.2) is 23.8 Å². The number of anilines is 1. The second kappa shape index (κ2) is 10.7. The number of rotatable bonds is 8. The third kappa shape index (κ3) is 7.11. The molecule has 0 aliphatic rings. The van der Waals surface area contributed by atoms with Gasteiger partial charge in [-0.05, 0) is 43.2 Å². The molecule has 0 aliphatic carbocycles. The molecule has 7 nitrogen and oxygen atoms in total. The van der Waals surface area contributed by atoms with Gasteiger partial charge >= 0.3 is 0 Å². The molecule has 1 unspecified atom stereocenters. The minimum atomic E-state index is -0.733. The molecule has 0 heterocycles. The van der Waals surface area contributed by atoms with Crippen molar-refractivity contribution in [2.45, 2.75) is 39.2 Å². The number of hydrogen-bond donors (Lipinski definition) is 3. The Kier molecular flexibility index (Phi) is 8.02. The Morgan fingerprint density at radius 2 is 1.64 bits per heavy atom. The molecule has 148 valence electrons. The van der Waals surface area contributed by atoms with Crippen molar-refractivity contribution in [3.8, 4) is 5.75 Å². The maximum atomic E-state index is 12.2. The van der Waals surface area contributed by atoms with Gasteiger partial charge in [-0.3, -0.25) is 25.2 Å². The maximum absolute atomic E-state index is 12.2. The van der Waals surface area contributed by atoms with Crippen molar-refractivity contribution in [2.75, 3.05) is 5.32 Å². The first-order valence-electron chi connectivity index (χ1n) is 9.15. The molecule has 0 aliphatic heterocycles. The van der Waals surface area contributed by atoms with E-state index in [1.54, 1.807) is 30.3 Å². The highest BCUT2D eigenvalue weighted by Gasteiger charge is 2.19. The van der Waals surface area contributed by atoms with E-state index < -0.39 is 17.9 Å². The minimum Gasteiger partial charge on any atom is -0.481 e. The third-order valence-electron chi connectivity index (χ3n) is 3.89. The number of hydrogen-bond acceptors (Lipinski definition) is 4. The van der Waals surface area contributed by atoms with Gasteiger partial charge in [0.05, 0.1) is 0 Å². The molecule has 0 radical (unpaired) electrons. The summed E-state index contributed by atoms with van der Waals surface area (Å²) in [6, 6.07) is 16.4. The zero-order valence-electron chi connectivity index (χ0n) is 16.0. The van der Waals surface area contributed by atoms with E-state index in [0.29, 0.717) is 17.9 Å². The summed E-state index contributed by atoms with van der Waals surface area (Å²) in [4.78, 5) is 35.9. The van der Waals surface area contributed by atoms with Crippen LogP contribution in [0.15, 0.2) is 54.6 Å². The van der Waals surface area contributed by atoms with Gasteiger partial charge in [-0.25, -0.2) is 0 Å². The summed E-state index contributed by atoms with van der Waals surface area (Å²) in [6.45, 7) is 3.75. The maximum Gasteiger partial charge on any atom is 0.279 e. The van der Waals surface area contributed by atoms with Gasteiger partial charge < -0.3 is 10.1 Å². The lowest BCUT2D eigenvalue weighted by molar-refractivity contribution is -0.133. The van der Waals surface area contributed by atoms with Crippen LogP contribution in [0.2, 0.25) is 0 Å². The molecule has 3 N–H and O–H groups in total. The van der Waals surface area contributed by atoms with E-state index in [4.69, 9.17) is 4.74 Å². The van der Waals surface area contributed by atoms with Gasteiger partial charge in [0, 0.05) is 18.5 Å².